The maximum absolute atomic E-state index is 11.7. The molecule has 0 radical (unpaired) electrons. The van der Waals surface area contributed by atoms with E-state index in [4.69, 9.17) is 14.3 Å². The van der Waals surface area contributed by atoms with Crippen molar-refractivity contribution in [1.82, 2.24) is 25.2 Å². The van der Waals surface area contributed by atoms with Crippen LogP contribution in [0.4, 0.5) is 0 Å². The molecule has 1 amide bonds. The third-order valence-corrected chi connectivity index (χ3v) is 5.05. The highest BCUT2D eigenvalue weighted by Gasteiger charge is 2.20. The average molecular weight is 429 g/mol. The Morgan fingerprint density at radius 3 is 2.74 bits per heavy atom. The van der Waals surface area contributed by atoms with Crippen LogP contribution in [0.15, 0.2) is 46.1 Å². The summed E-state index contributed by atoms with van der Waals surface area (Å²) in [5.74, 6) is 1.52. The minimum atomic E-state index is -0.0689. The summed E-state index contributed by atoms with van der Waals surface area (Å²) in [6.45, 7) is 7.96. The lowest BCUT2D eigenvalue weighted by Crippen LogP contribution is -2.52. The van der Waals surface area contributed by atoms with Gasteiger partial charge in [-0.25, -0.2) is 4.99 Å². The number of nitrogens with one attached hydrogen (secondary N) is 1. The van der Waals surface area contributed by atoms with Gasteiger partial charge in [-0.1, -0.05) is 17.3 Å². The molecule has 0 unspecified atom stereocenters. The van der Waals surface area contributed by atoms with Crippen LogP contribution in [0.25, 0.3) is 0 Å². The molecule has 1 aliphatic rings. The van der Waals surface area contributed by atoms with Crippen molar-refractivity contribution in [2.24, 2.45) is 4.99 Å². The zero-order valence-corrected chi connectivity index (χ0v) is 18.6. The van der Waals surface area contributed by atoms with Crippen LogP contribution >= 0.6 is 0 Å². The van der Waals surface area contributed by atoms with E-state index in [1.165, 1.54) is 4.90 Å². The lowest BCUT2D eigenvalue weighted by atomic mass is 10.2. The number of hydrogen-bond donors (Lipinski definition) is 1. The number of benzene rings is 1. The molecule has 1 aromatic carbocycles. The summed E-state index contributed by atoms with van der Waals surface area (Å²) < 4.78 is 10.5. The summed E-state index contributed by atoms with van der Waals surface area (Å²) in [5, 5.41) is 7.40. The van der Waals surface area contributed by atoms with E-state index in [1.54, 1.807) is 20.4 Å². The molecule has 0 atom stereocenters. The summed E-state index contributed by atoms with van der Waals surface area (Å²) in [4.78, 5) is 22.7. The first kappa shape index (κ1) is 22.6. The molecule has 9 nitrogen and oxygen atoms in total. The Bertz CT molecular complexity index is 845. The first-order valence-electron chi connectivity index (χ1n) is 10.6. The molecule has 1 N–H and O–H groups in total. The molecule has 1 fully saturated rings. The molecule has 0 saturated carbocycles. The maximum Gasteiger partial charge on any atom is 0.259 e. The molecule has 3 rings (SSSR count). The van der Waals surface area contributed by atoms with Gasteiger partial charge in [0.25, 0.3) is 5.91 Å². The number of nitrogens with zero attached hydrogens (tertiary/aromatic N) is 5. The second-order valence-electron chi connectivity index (χ2n) is 7.65. The van der Waals surface area contributed by atoms with Gasteiger partial charge in [-0.3, -0.25) is 9.69 Å². The first-order valence-corrected chi connectivity index (χ1v) is 10.6. The molecule has 31 heavy (non-hydrogen) atoms. The molecule has 2 aromatic rings. The molecule has 1 saturated heterocycles. The van der Waals surface area contributed by atoms with Crippen molar-refractivity contribution in [3.63, 3.8) is 0 Å². The van der Waals surface area contributed by atoms with E-state index < -0.39 is 0 Å². The van der Waals surface area contributed by atoms with Gasteiger partial charge in [0.15, 0.2) is 12.6 Å². The summed E-state index contributed by atoms with van der Waals surface area (Å²) in [6.07, 6.45) is 1.61. The van der Waals surface area contributed by atoms with Gasteiger partial charge in [-0.2, -0.15) is 0 Å². The summed E-state index contributed by atoms with van der Waals surface area (Å²) in [5.41, 5.74) is 2.00. The van der Waals surface area contributed by atoms with E-state index in [0.29, 0.717) is 12.3 Å². The van der Waals surface area contributed by atoms with Crippen LogP contribution in [0.3, 0.4) is 0 Å². The van der Waals surface area contributed by atoms with Gasteiger partial charge in [-0.15, -0.1) is 0 Å². The van der Waals surface area contributed by atoms with Crippen LogP contribution in [-0.2, 0) is 17.9 Å². The van der Waals surface area contributed by atoms with Crippen molar-refractivity contribution in [3.8, 4) is 5.75 Å². The molecular formula is C22H32N6O3. The van der Waals surface area contributed by atoms with Gasteiger partial charge >= 0.3 is 0 Å². The van der Waals surface area contributed by atoms with E-state index in [-0.39, 0.29) is 12.5 Å². The highest BCUT2D eigenvalue weighted by atomic mass is 16.5. The standard InChI is InChI=1S/C22H32N6O3/c1-4-23-22(28-11-9-27(10-12-28)16-19-8-13-31-25-19)24-15-18-6-5-7-20(14-18)30-17-21(29)26(2)3/h5-8,13-14H,4,9-12,15-17H2,1-3H3,(H,23,24). The topological polar surface area (TPSA) is 86.4 Å². The van der Waals surface area contributed by atoms with Crippen LogP contribution in [0.2, 0.25) is 0 Å². The van der Waals surface area contributed by atoms with E-state index >= 15 is 0 Å². The number of ether oxygens (including phenoxy) is 1. The number of hydrogen-bond acceptors (Lipinski definition) is 6. The molecule has 0 bridgehead atoms. The molecule has 1 aliphatic heterocycles. The Morgan fingerprint density at radius 2 is 2.06 bits per heavy atom. The number of amides is 1. The molecule has 9 heteroatoms. The molecule has 168 valence electrons. The zero-order chi connectivity index (χ0) is 22.1. The van der Waals surface area contributed by atoms with Gasteiger partial charge in [-0.05, 0) is 24.6 Å². The Hall–Kier alpha value is -3.07. The largest absolute Gasteiger partial charge is 0.484 e. The molecule has 1 aromatic heterocycles. The van der Waals surface area contributed by atoms with Crippen LogP contribution in [0.5, 0.6) is 5.75 Å². The van der Waals surface area contributed by atoms with Crippen molar-refractivity contribution < 1.29 is 14.1 Å². The Morgan fingerprint density at radius 1 is 1.26 bits per heavy atom. The number of rotatable bonds is 8. The Kier molecular flexibility index (Phi) is 8.28. The quantitative estimate of drug-likeness (QED) is 0.503. The summed E-state index contributed by atoms with van der Waals surface area (Å²) in [6, 6.07) is 9.65. The maximum atomic E-state index is 11.7. The summed E-state index contributed by atoms with van der Waals surface area (Å²) in [7, 11) is 3.43. The third-order valence-electron chi connectivity index (χ3n) is 5.05. The SMILES string of the molecule is CCNC(=NCc1cccc(OCC(=O)N(C)C)c1)N1CCN(Cc2ccon2)CC1. The van der Waals surface area contributed by atoms with Crippen LogP contribution in [-0.4, -0.2) is 85.1 Å². The van der Waals surface area contributed by atoms with Gasteiger partial charge in [0, 0.05) is 59.4 Å². The number of aliphatic imine (C=N–C) groups is 1. The minimum absolute atomic E-state index is 0.0287. The number of guanidine groups is 1. The molecule has 0 aliphatic carbocycles. The average Bonchev–Trinajstić information content (AvgIpc) is 3.29. The fourth-order valence-electron chi connectivity index (χ4n) is 3.27. The van der Waals surface area contributed by atoms with Crippen molar-refractivity contribution >= 4 is 11.9 Å². The number of carbonyl (C=O) groups excluding carboxylic acids is 1. The second kappa shape index (κ2) is 11.4. The zero-order valence-electron chi connectivity index (χ0n) is 18.6. The van der Waals surface area contributed by atoms with Crippen LogP contribution in [0.1, 0.15) is 18.2 Å². The van der Waals surface area contributed by atoms with Gasteiger partial charge in [0.2, 0.25) is 0 Å². The second-order valence-corrected chi connectivity index (χ2v) is 7.65. The number of carbonyl (C=O) groups is 1. The van der Waals surface area contributed by atoms with Gasteiger partial charge in [0.05, 0.1) is 12.2 Å². The van der Waals surface area contributed by atoms with Crippen LogP contribution < -0.4 is 10.1 Å². The molecule has 0 spiro atoms. The smallest absolute Gasteiger partial charge is 0.259 e. The Balaban J connectivity index is 1.55. The lowest BCUT2D eigenvalue weighted by molar-refractivity contribution is -0.130. The highest BCUT2D eigenvalue weighted by Crippen LogP contribution is 2.15. The fraction of sp³-hybridized carbons (Fsp3) is 0.500. The van der Waals surface area contributed by atoms with Crippen molar-refractivity contribution in [2.75, 3.05) is 53.4 Å². The predicted molar refractivity (Wildman–Crippen MR) is 119 cm³/mol. The number of piperazine rings is 1. The van der Waals surface area contributed by atoms with Gasteiger partial charge in [0.1, 0.15) is 12.0 Å². The molecule has 2 heterocycles. The van der Waals surface area contributed by atoms with Gasteiger partial charge < -0.3 is 24.4 Å². The normalized spacial score (nSPS) is 15.1. The fourth-order valence-corrected chi connectivity index (χ4v) is 3.27. The highest BCUT2D eigenvalue weighted by molar-refractivity contribution is 5.80. The monoisotopic (exact) mass is 428 g/mol. The lowest BCUT2D eigenvalue weighted by Gasteiger charge is -2.36. The van der Waals surface area contributed by atoms with Crippen molar-refractivity contribution in [1.29, 1.82) is 0 Å². The Labute approximate surface area is 183 Å². The third kappa shape index (κ3) is 6.99. The minimum Gasteiger partial charge on any atom is -0.484 e. The summed E-state index contributed by atoms with van der Waals surface area (Å²) >= 11 is 0. The predicted octanol–water partition coefficient (Wildman–Crippen LogP) is 1.42. The van der Waals surface area contributed by atoms with Crippen molar-refractivity contribution in [2.45, 2.75) is 20.0 Å². The van der Waals surface area contributed by atoms with Crippen LogP contribution in [0, 0.1) is 0 Å². The van der Waals surface area contributed by atoms with E-state index in [2.05, 4.69) is 27.2 Å². The van der Waals surface area contributed by atoms with Crippen molar-refractivity contribution in [3.05, 3.63) is 47.9 Å². The van der Waals surface area contributed by atoms with E-state index in [0.717, 1.165) is 56.5 Å². The molecular weight excluding hydrogens is 396 g/mol. The van der Waals surface area contributed by atoms with E-state index in [9.17, 15) is 4.79 Å². The number of likely N-dealkylation sites (N-methyl/N-ethyl adjacent to an activating group) is 1. The van der Waals surface area contributed by atoms with E-state index in [1.807, 2.05) is 30.3 Å². The first-order chi connectivity index (χ1) is 15.0. The number of aromatic nitrogens is 1.